The van der Waals surface area contributed by atoms with Crippen molar-refractivity contribution in [2.75, 3.05) is 23.3 Å². The maximum Gasteiger partial charge on any atom is 0.321 e. The highest BCUT2D eigenvalue weighted by Crippen LogP contribution is 2.15. The molecule has 1 aliphatic heterocycles. The van der Waals surface area contributed by atoms with Gasteiger partial charge in [0.1, 0.15) is 0 Å². The van der Waals surface area contributed by atoms with Gasteiger partial charge < -0.3 is 10.2 Å². The summed E-state index contributed by atoms with van der Waals surface area (Å²) < 4.78 is 0. The van der Waals surface area contributed by atoms with E-state index in [1.807, 2.05) is 5.38 Å². The van der Waals surface area contributed by atoms with Crippen LogP contribution in [-0.2, 0) is 0 Å². The minimum atomic E-state index is -0.217. The van der Waals surface area contributed by atoms with E-state index >= 15 is 0 Å². The Hall–Kier alpha value is -2.22. The molecule has 0 saturated carbocycles. The second-order valence-electron chi connectivity index (χ2n) is 4.77. The number of nitrogens with one attached hydrogen (secondary N) is 2. The van der Waals surface area contributed by atoms with Crippen LogP contribution in [0.5, 0.6) is 0 Å². The van der Waals surface area contributed by atoms with Crippen LogP contribution in [0, 0.1) is 0 Å². The van der Waals surface area contributed by atoms with E-state index in [4.69, 9.17) is 0 Å². The molecule has 1 atom stereocenters. The number of aromatic nitrogens is 3. The van der Waals surface area contributed by atoms with Gasteiger partial charge in [-0.15, -0.1) is 11.3 Å². The quantitative estimate of drug-likeness (QED) is 0.902. The van der Waals surface area contributed by atoms with Gasteiger partial charge in [-0.05, 0) is 18.9 Å². The van der Waals surface area contributed by atoms with Gasteiger partial charge in [0.15, 0.2) is 5.13 Å². The van der Waals surface area contributed by atoms with Gasteiger partial charge in [-0.3, -0.25) is 5.32 Å². The normalized spacial score (nSPS) is 18.3. The zero-order valence-corrected chi connectivity index (χ0v) is 12.2. The molecule has 0 spiro atoms. The first-order valence-corrected chi connectivity index (χ1v) is 7.68. The summed E-state index contributed by atoms with van der Waals surface area (Å²) in [6.45, 7) is 1.63. The molecule has 2 N–H and O–H groups in total. The Kier molecular flexibility index (Phi) is 4.25. The highest BCUT2D eigenvalue weighted by molar-refractivity contribution is 7.13. The van der Waals surface area contributed by atoms with E-state index in [9.17, 15) is 4.79 Å². The van der Waals surface area contributed by atoms with E-state index in [1.165, 1.54) is 11.3 Å². The molecule has 2 aromatic heterocycles. The molecular weight excluding hydrogens is 288 g/mol. The molecule has 1 fully saturated rings. The van der Waals surface area contributed by atoms with Crippen molar-refractivity contribution < 1.29 is 4.79 Å². The van der Waals surface area contributed by atoms with Crippen molar-refractivity contribution in [2.24, 2.45) is 0 Å². The molecule has 2 aromatic rings. The molecular formula is C13H16N6OS. The zero-order valence-electron chi connectivity index (χ0n) is 11.4. The van der Waals surface area contributed by atoms with Crippen LogP contribution >= 0.6 is 11.3 Å². The largest absolute Gasteiger partial charge is 0.339 e. The summed E-state index contributed by atoms with van der Waals surface area (Å²) in [6.07, 6.45) is 7.08. The zero-order chi connectivity index (χ0) is 14.5. The Balaban J connectivity index is 1.55. The fourth-order valence-corrected chi connectivity index (χ4v) is 2.86. The molecule has 110 valence electrons. The Labute approximate surface area is 126 Å². The number of hydrogen-bond acceptors (Lipinski definition) is 6. The molecule has 0 radical (unpaired) electrons. The van der Waals surface area contributed by atoms with Gasteiger partial charge in [-0.25, -0.2) is 19.7 Å². The summed E-state index contributed by atoms with van der Waals surface area (Å²) in [5, 5.41) is 8.14. The minimum absolute atomic E-state index is 0.0857. The fourth-order valence-electron chi connectivity index (χ4n) is 2.33. The lowest BCUT2D eigenvalue weighted by Crippen LogP contribution is -2.49. The summed E-state index contributed by atoms with van der Waals surface area (Å²) in [6, 6.07) is 1.67. The van der Waals surface area contributed by atoms with E-state index in [-0.39, 0.29) is 12.1 Å². The highest BCUT2D eigenvalue weighted by atomic mass is 32.1. The van der Waals surface area contributed by atoms with Crippen molar-refractivity contribution in [2.45, 2.75) is 18.9 Å². The third-order valence-electron chi connectivity index (χ3n) is 3.24. The molecule has 0 bridgehead atoms. The summed E-state index contributed by atoms with van der Waals surface area (Å²) >= 11 is 1.40. The van der Waals surface area contributed by atoms with Crippen molar-refractivity contribution in [3.05, 3.63) is 30.0 Å². The molecule has 2 amide bonds. The first-order valence-electron chi connectivity index (χ1n) is 6.80. The predicted octanol–water partition coefficient (Wildman–Crippen LogP) is 1.72. The predicted molar refractivity (Wildman–Crippen MR) is 81.5 cm³/mol. The topological polar surface area (TPSA) is 83.0 Å². The summed E-state index contributed by atoms with van der Waals surface area (Å²) in [5.41, 5.74) is 0. The molecule has 0 aromatic carbocycles. The molecule has 7 nitrogen and oxygen atoms in total. The van der Waals surface area contributed by atoms with Crippen LogP contribution in [-0.4, -0.2) is 40.1 Å². The van der Waals surface area contributed by atoms with Gasteiger partial charge in [-0.2, -0.15) is 0 Å². The Morgan fingerprint density at radius 2 is 2.14 bits per heavy atom. The second-order valence-corrected chi connectivity index (χ2v) is 5.66. The average molecular weight is 304 g/mol. The lowest BCUT2D eigenvalue weighted by molar-refractivity contribution is 0.246. The Bertz CT molecular complexity index is 576. The van der Waals surface area contributed by atoms with Gasteiger partial charge >= 0.3 is 6.03 Å². The number of hydrogen-bond donors (Lipinski definition) is 2. The van der Waals surface area contributed by atoms with Crippen molar-refractivity contribution >= 4 is 28.4 Å². The van der Waals surface area contributed by atoms with Gasteiger partial charge in [0.2, 0.25) is 5.95 Å². The second kappa shape index (κ2) is 6.49. The van der Waals surface area contributed by atoms with Crippen molar-refractivity contribution in [3.8, 4) is 0 Å². The Morgan fingerprint density at radius 3 is 2.90 bits per heavy atom. The highest BCUT2D eigenvalue weighted by Gasteiger charge is 2.23. The SMILES string of the molecule is O=C(Nc1nccs1)NC1CCCN(c2ncccn2)C1. The first-order chi connectivity index (χ1) is 10.3. The van der Waals surface area contributed by atoms with Gasteiger partial charge in [0, 0.05) is 43.1 Å². The first kappa shape index (κ1) is 13.7. The van der Waals surface area contributed by atoms with Crippen LogP contribution < -0.4 is 15.5 Å². The molecule has 8 heteroatoms. The summed E-state index contributed by atoms with van der Waals surface area (Å²) in [5.74, 6) is 0.712. The molecule has 1 saturated heterocycles. The van der Waals surface area contributed by atoms with Crippen LogP contribution in [0.15, 0.2) is 30.0 Å². The number of amides is 2. The van der Waals surface area contributed by atoms with E-state index in [2.05, 4.69) is 30.5 Å². The van der Waals surface area contributed by atoms with Crippen molar-refractivity contribution in [1.82, 2.24) is 20.3 Å². The van der Waals surface area contributed by atoms with Crippen molar-refractivity contribution in [3.63, 3.8) is 0 Å². The van der Waals surface area contributed by atoms with Crippen LogP contribution in [0.25, 0.3) is 0 Å². The van der Waals surface area contributed by atoms with Crippen LogP contribution in [0.2, 0.25) is 0 Å². The van der Waals surface area contributed by atoms with Gasteiger partial charge in [0.05, 0.1) is 0 Å². The number of nitrogens with zero attached hydrogens (tertiary/aromatic N) is 4. The smallest absolute Gasteiger partial charge is 0.321 e. The summed E-state index contributed by atoms with van der Waals surface area (Å²) in [7, 11) is 0. The number of carbonyl (C=O) groups is 1. The standard InChI is InChI=1S/C13H16N6OS/c20-12(18-13-16-6-8-21-13)17-10-3-1-7-19(9-10)11-14-4-2-5-15-11/h2,4-6,8,10H,1,3,7,9H2,(H2,16,17,18,20). The molecule has 1 unspecified atom stereocenters. The molecule has 1 aliphatic rings. The Morgan fingerprint density at radius 1 is 1.29 bits per heavy atom. The van der Waals surface area contributed by atoms with Crippen molar-refractivity contribution in [1.29, 1.82) is 0 Å². The lowest BCUT2D eigenvalue weighted by atomic mass is 10.1. The van der Waals surface area contributed by atoms with E-state index in [0.717, 1.165) is 25.9 Å². The van der Waals surface area contributed by atoms with E-state index < -0.39 is 0 Å². The minimum Gasteiger partial charge on any atom is -0.339 e. The number of urea groups is 1. The number of thiazole rings is 1. The third kappa shape index (κ3) is 3.66. The third-order valence-corrected chi connectivity index (χ3v) is 3.93. The molecule has 3 rings (SSSR count). The van der Waals surface area contributed by atoms with Gasteiger partial charge in [0.25, 0.3) is 0 Å². The number of piperidine rings is 1. The van der Waals surface area contributed by atoms with Crippen LogP contribution in [0.1, 0.15) is 12.8 Å². The van der Waals surface area contributed by atoms with Crippen LogP contribution in [0.4, 0.5) is 15.9 Å². The fraction of sp³-hybridized carbons (Fsp3) is 0.385. The van der Waals surface area contributed by atoms with Crippen LogP contribution in [0.3, 0.4) is 0 Å². The lowest BCUT2D eigenvalue weighted by Gasteiger charge is -2.32. The maximum absolute atomic E-state index is 11.9. The van der Waals surface area contributed by atoms with Gasteiger partial charge in [-0.1, -0.05) is 0 Å². The van der Waals surface area contributed by atoms with E-state index in [0.29, 0.717) is 11.1 Å². The monoisotopic (exact) mass is 304 g/mol. The molecule has 0 aliphatic carbocycles. The number of rotatable bonds is 3. The number of anilines is 2. The number of carbonyl (C=O) groups excluding carboxylic acids is 1. The molecule has 3 heterocycles. The molecule has 21 heavy (non-hydrogen) atoms. The maximum atomic E-state index is 11.9. The summed E-state index contributed by atoms with van der Waals surface area (Å²) in [4.78, 5) is 26.5. The van der Waals surface area contributed by atoms with E-state index in [1.54, 1.807) is 24.7 Å². The average Bonchev–Trinajstić information content (AvgIpc) is 3.01.